The first-order chi connectivity index (χ1) is 8.72. The van der Waals surface area contributed by atoms with Gasteiger partial charge in [0.2, 0.25) is 0 Å². The zero-order chi connectivity index (χ0) is 16.2. The van der Waals surface area contributed by atoms with E-state index in [-0.39, 0.29) is 5.60 Å². The fourth-order valence-corrected chi connectivity index (χ4v) is 1.04. The van der Waals surface area contributed by atoms with Gasteiger partial charge in [-0.2, -0.15) is 13.2 Å². The van der Waals surface area contributed by atoms with Crippen LogP contribution in [0.4, 0.5) is 13.2 Å². The zero-order valence-electron chi connectivity index (χ0n) is 11.0. The summed E-state index contributed by atoms with van der Waals surface area (Å²) in [7, 11) is -6.09. The quantitative estimate of drug-likeness (QED) is 0.450. The van der Waals surface area contributed by atoms with Crippen LogP contribution in [-0.2, 0) is 22.7 Å². The second-order valence-electron chi connectivity index (χ2n) is 4.64. The van der Waals surface area contributed by atoms with Crippen LogP contribution in [0.25, 0.3) is 0 Å². The minimum Gasteiger partial charge on any atom is -0.741 e. The fraction of sp³-hybridized carbons (Fsp3) is 0.455. The van der Waals surface area contributed by atoms with Crippen LogP contribution in [0.2, 0.25) is 0 Å². The summed E-state index contributed by atoms with van der Waals surface area (Å²) in [5, 5.41) is 0. The van der Waals surface area contributed by atoms with E-state index in [1.807, 2.05) is 45.0 Å². The average Bonchev–Trinajstić information content (AvgIpc) is 2.17. The monoisotopic (exact) mass is 332 g/mol. The summed E-state index contributed by atoms with van der Waals surface area (Å²) in [5.41, 5.74) is -5.76. The van der Waals surface area contributed by atoms with Gasteiger partial charge >= 0.3 is 5.51 Å². The molecule has 0 spiro atoms. The number of hydrogen-bond donors (Lipinski definition) is 0. The maximum atomic E-state index is 10.7. The molecular weight excluding hydrogens is 317 g/mol. The molecule has 1 aromatic carbocycles. The molecule has 0 saturated heterocycles. The third-order valence-electron chi connectivity index (χ3n) is 1.56. The Morgan fingerprint density at radius 2 is 1.45 bits per heavy atom. The summed E-state index contributed by atoms with van der Waals surface area (Å²) in [6, 6.07) is 7.84. The van der Waals surface area contributed by atoms with Crippen molar-refractivity contribution in [3.05, 3.63) is 24.3 Å². The molecule has 0 bridgehead atoms. The Hall–Kier alpha value is -0.930. The van der Waals surface area contributed by atoms with E-state index in [9.17, 15) is 13.2 Å². The SMILES string of the molecule is CC(C)(C)Oc1ccc([SH2+])cc1.O=S(=O)([O-])C(F)(F)F. The van der Waals surface area contributed by atoms with Gasteiger partial charge in [0.15, 0.2) is 15.0 Å². The molecule has 9 heteroatoms. The van der Waals surface area contributed by atoms with Crippen LogP contribution in [-0.4, -0.2) is 24.1 Å². The molecule has 0 aliphatic carbocycles. The molecule has 0 aliphatic rings. The summed E-state index contributed by atoms with van der Waals surface area (Å²) in [6.45, 7) is 6.11. The van der Waals surface area contributed by atoms with Gasteiger partial charge in [0.1, 0.15) is 11.4 Å². The van der Waals surface area contributed by atoms with E-state index in [0.29, 0.717) is 0 Å². The van der Waals surface area contributed by atoms with Crippen LogP contribution in [0.1, 0.15) is 20.8 Å². The largest absolute Gasteiger partial charge is 0.741 e. The van der Waals surface area contributed by atoms with Gasteiger partial charge in [-0.3, -0.25) is 0 Å². The molecule has 1 aromatic rings. The molecule has 0 unspecified atom stereocenters. The van der Waals surface area contributed by atoms with Crippen molar-refractivity contribution in [3.8, 4) is 5.75 Å². The highest BCUT2D eigenvalue weighted by atomic mass is 32.2. The minimum atomic E-state index is -6.09. The lowest BCUT2D eigenvalue weighted by Gasteiger charge is -2.20. The van der Waals surface area contributed by atoms with Gasteiger partial charge in [-0.05, 0) is 57.7 Å². The molecule has 0 radical (unpaired) electrons. The Kier molecular flexibility index (Phi) is 6.37. The van der Waals surface area contributed by atoms with Crippen molar-refractivity contribution in [2.75, 3.05) is 0 Å². The molecule has 0 aliphatic heterocycles. The third-order valence-corrected chi connectivity index (χ3v) is 2.46. The molecule has 1 rings (SSSR count). The van der Waals surface area contributed by atoms with Crippen LogP contribution < -0.4 is 4.74 Å². The molecule has 116 valence electrons. The Morgan fingerprint density at radius 3 is 1.70 bits per heavy atom. The van der Waals surface area contributed by atoms with Crippen LogP contribution >= 0.6 is 0 Å². The lowest BCUT2D eigenvalue weighted by Crippen LogP contribution is -2.22. The third kappa shape index (κ3) is 8.28. The standard InChI is InChI=1S/C10H14OS.CHF3O3S/c1-10(2,3)11-8-4-6-9(12)7-5-8;2-1(3,4)8(5,6)7/h4-7,12H,1-3H3;(H,5,6,7). The lowest BCUT2D eigenvalue weighted by atomic mass is 10.2. The second-order valence-corrected chi connectivity index (χ2v) is 6.59. The fourth-order valence-electron chi connectivity index (χ4n) is 0.877. The van der Waals surface area contributed by atoms with Crippen molar-refractivity contribution < 1.29 is 30.9 Å². The van der Waals surface area contributed by atoms with Crippen molar-refractivity contribution in [2.24, 2.45) is 0 Å². The van der Waals surface area contributed by atoms with Crippen molar-refractivity contribution in [3.63, 3.8) is 0 Å². The summed E-state index contributed by atoms with van der Waals surface area (Å²) in [6.07, 6.45) is 0. The first-order valence-electron chi connectivity index (χ1n) is 5.25. The van der Waals surface area contributed by atoms with Gasteiger partial charge in [-0.1, -0.05) is 0 Å². The van der Waals surface area contributed by atoms with E-state index in [1.54, 1.807) is 0 Å². The van der Waals surface area contributed by atoms with Crippen molar-refractivity contribution in [2.45, 2.75) is 36.8 Å². The average molecular weight is 332 g/mol. The topological polar surface area (TPSA) is 66.4 Å². The van der Waals surface area contributed by atoms with Crippen LogP contribution in [0.5, 0.6) is 5.75 Å². The van der Waals surface area contributed by atoms with Gasteiger partial charge in [0, 0.05) is 0 Å². The van der Waals surface area contributed by atoms with Crippen LogP contribution in [0.3, 0.4) is 0 Å². The van der Waals surface area contributed by atoms with E-state index in [2.05, 4.69) is 12.6 Å². The molecule has 4 nitrogen and oxygen atoms in total. The maximum Gasteiger partial charge on any atom is 0.485 e. The molecule has 0 fully saturated rings. The molecule has 0 heterocycles. The Morgan fingerprint density at radius 1 is 1.10 bits per heavy atom. The van der Waals surface area contributed by atoms with Gasteiger partial charge in [-0.25, -0.2) is 8.42 Å². The van der Waals surface area contributed by atoms with Crippen molar-refractivity contribution >= 4 is 22.7 Å². The van der Waals surface area contributed by atoms with E-state index in [0.717, 1.165) is 10.6 Å². The molecule has 0 aromatic heterocycles. The van der Waals surface area contributed by atoms with Gasteiger partial charge in [0.25, 0.3) is 0 Å². The van der Waals surface area contributed by atoms with Gasteiger partial charge in [0.05, 0.1) is 0 Å². The first kappa shape index (κ1) is 19.1. The number of benzene rings is 1. The van der Waals surface area contributed by atoms with E-state index < -0.39 is 15.6 Å². The highest BCUT2D eigenvalue weighted by Crippen LogP contribution is 2.20. The lowest BCUT2D eigenvalue weighted by molar-refractivity contribution is -0.0517. The summed E-state index contributed by atoms with van der Waals surface area (Å²) >= 11 is 3.42. The highest BCUT2D eigenvalue weighted by Gasteiger charge is 2.36. The predicted octanol–water partition coefficient (Wildman–Crippen LogP) is 2.29. The van der Waals surface area contributed by atoms with Gasteiger partial charge in [-0.15, -0.1) is 0 Å². The smallest absolute Gasteiger partial charge is 0.485 e. The van der Waals surface area contributed by atoms with E-state index in [1.165, 1.54) is 0 Å². The van der Waals surface area contributed by atoms with Gasteiger partial charge < -0.3 is 9.29 Å². The van der Waals surface area contributed by atoms with Crippen LogP contribution in [0.15, 0.2) is 29.2 Å². The van der Waals surface area contributed by atoms with E-state index >= 15 is 0 Å². The minimum absolute atomic E-state index is 0.118. The van der Waals surface area contributed by atoms with E-state index in [4.69, 9.17) is 17.7 Å². The number of halogens is 3. The summed E-state index contributed by atoms with van der Waals surface area (Å²) < 4.78 is 64.5. The molecule has 0 amide bonds. The predicted molar refractivity (Wildman–Crippen MR) is 71.0 cm³/mol. The van der Waals surface area contributed by atoms with Crippen molar-refractivity contribution in [1.82, 2.24) is 0 Å². The molecule has 20 heavy (non-hydrogen) atoms. The number of alkyl halides is 3. The summed E-state index contributed by atoms with van der Waals surface area (Å²) in [4.78, 5) is 1.07. The zero-order valence-corrected chi connectivity index (χ0v) is 12.8. The van der Waals surface area contributed by atoms with Crippen LogP contribution in [0, 0.1) is 0 Å². The number of hydrogen-bond acceptors (Lipinski definition) is 4. The molecule has 0 saturated carbocycles. The summed E-state index contributed by atoms with van der Waals surface area (Å²) in [5.74, 6) is 0.907. The normalized spacial score (nSPS) is 12.4. The molecular formula is C11H15F3O4S2. The first-order valence-corrected chi connectivity index (χ1v) is 7.16. The highest BCUT2D eigenvalue weighted by molar-refractivity contribution is 7.86. The second kappa shape index (κ2) is 6.68. The Bertz CT molecular complexity index is 516. The number of ether oxygens (including phenoxy) is 1. The van der Waals surface area contributed by atoms with Crippen molar-refractivity contribution in [1.29, 1.82) is 0 Å². The molecule has 0 N–H and O–H groups in total. The Labute approximate surface area is 121 Å². The number of rotatable bonds is 1. The maximum absolute atomic E-state index is 10.7. The Balaban J connectivity index is 0.000000396. The molecule has 0 atom stereocenters.